The third-order valence-corrected chi connectivity index (χ3v) is 5.09. The van der Waals surface area contributed by atoms with E-state index < -0.39 is 0 Å². The van der Waals surface area contributed by atoms with Gasteiger partial charge in [0.25, 0.3) is 0 Å². The van der Waals surface area contributed by atoms with Crippen molar-refractivity contribution in [1.29, 1.82) is 0 Å². The smallest absolute Gasteiger partial charge is 0.249 e. The Morgan fingerprint density at radius 2 is 2.00 bits per heavy atom. The van der Waals surface area contributed by atoms with Gasteiger partial charge in [-0.3, -0.25) is 4.79 Å². The van der Waals surface area contributed by atoms with E-state index in [0.717, 1.165) is 31.4 Å². The van der Waals surface area contributed by atoms with Crippen molar-refractivity contribution in [2.45, 2.75) is 66.3 Å². The molecule has 1 aromatic carbocycles. The second-order valence-corrected chi connectivity index (χ2v) is 9.14. The van der Waals surface area contributed by atoms with Crippen molar-refractivity contribution in [1.82, 2.24) is 15.0 Å². The van der Waals surface area contributed by atoms with Crippen LogP contribution in [-0.4, -0.2) is 27.5 Å². The van der Waals surface area contributed by atoms with Crippen molar-refractivity contribution in [3.8, 4) is 11.4 Å². The zero-order valence-corrected chi connectivity index (χ0v) is 17.2. The van der Waals surface area contributed by atoms with Crippen LogP contribution in [0.3, 0.4) is 0 Å². The van der Waals surface area contributed by atoms with Crippen LogP contribution in [0.2, 0.25) is 0 Å². The Hall–Kier alpha value is -2.17. The third-order valence-electron chi connectivity index (χ3n) is 5.09. The number of amides is 1. The molecule has 1 fully saturated rings. The van der Waals surface area contributed by atoms with Crippen LogP contribution in [0.15, 0.2) is 28.8 Å². The molecule has 5 heteroatoms. The molecule has 0 saturated carbocycles. The molecule has 0 spiro atoms. The number of benzene rings is 1. The second-order valence-electron chi connectivity index (χ2n) is 9.14. The first kappa shape index (κ1) is 19.6. The predicted molar refractivity (Wildman–Crippen MR) is 106 cm³/mol. The van der Waals surface area contributed by atoms with Gasteiger partial charge in [-0.1, -0.05) is 62.7 Å². The maximum Gasteiger partial charge on any atom is 0.249 e. The normalized spacial score (nSPS) is 18.7. The maximum atomic E-state index is 12.9. The zero-order chi connectivity index (χ0) is 19.6. The van der Waals surface area contributed by atoms with Gasteiger partial charge in [0.1, 0.15) is 6.04 Å². The average molecular weight is 370 g/mol. The summed E-state index contributed by atoms with van der Waals surface area (Å²) >= 11 is 0. The lowest BCUT2D eigenvalue weighted by Gasteiger charge is -2.26. The minimum absolute atomic E-state index is 0.0916. The minimum Gasteiger partial charge on any atom is -0.337 e. The van der Waals surface area contributed by atoms with Crippen molar-refractivity contribution < 1.29 is 9.32 Å². The molecule has 2 atom stereocenters. The molecule has 0 aliphatic carbocycles. The summed E-state index contributed by atoms with van der Waals surface area (Å²) in [6.07, 6.45) is 3.48. The van der Waals surface area contributed by atoms with Crippen molar-refractivity contribution in [2.24, 2.45) is 11.3 Å². The molecule has 5 nitrogen and oxygen atoms in total. The lowest BCUT2D eigenvalue weighted by Crippen LogP contribution is -2.32. The van der Waals surface area contributed by atoms with Gasteiger partial charge < -0.3 is 9.42 Å². The molecule has 0 unspecified atom stereocenters. The zero-order valence-electron chi connectivity index (χ0n) is 17.2. The summed E-state index contributed by atoms with van der Waals surface area (Å²) in [6.45, 7) is 11.6. The maximum absolute atomic E-state index is 12.9. The minimum atomic E-state index is -0.0916. The van der Waals surface area contributed by atoms with E-state index in [9.17, 15) is 4.79 Å². The van der Waals surface area contributed by atoms with Gasteiger partial charge in [-0.05, 0) is 37.5 Å². The summed E-state index contributed by atoms with van der Waals surface area (Å²) in [5.41, 5.74) is 2.36. The Bertz CT molecular complexity index is 774. The van der Waals surface area contributed by atoms with Gasteiger partial charge >= 0.3 is 0 Å². The molecule has 0 bridgehead atoms. The average Bonchev–Trinajstić information content (AvgIpc) is 3.22. The highest BCUT2D eigenvalue weighted by Crippen LogP contribution is 2.34. The lowest BCUT2D eigenvalue weighted by molar-refractivity contribution is -0.133. The molecule has 1 amide bonds. The Kier molecular flexibility index (Phi) is 5.68. The molecule has 2 heterocycles. The van der Waals surface area contributed by atoms with E-state index >= 15 is 0 Å². The first-order valence-electron chi connectivity index (χ1n) is 9.93. The van der Waals surface area contributed by atoms with Gasteiger partial charge in [0, 0.05) is 18.5 Å². The molecule has 0 radical (unpaired) electrons. The fraction of sp³-hybridized carbons (Fsp3) is 0.591. The summed E-state index contributed by atoms with van der Waals surface area (Å²) in [6, 6.07) is 7.97. The number of hydrogen-bond acceptors (Lipinski definition) is 4. The SMILES string of the molecule is Cc1ccc(-c2noc([C@H]3CCCN3C(=O)C[C@@H](C)CC(C)(C)C)n2)cc1. The van der Waals surface area contributed by atoms with Crippen LogP contribution in [0.4, 0.5) is 0 Å². The van der Waals surface area contributed by atoms with Crippen LogP contribution in [-0.2, 0) is 4.79 Å². The topological polar surface area (TPSA) is 59.2 Å². The molecule has 0 N–H and O–H groups in total. The Morgan fingerprint density at radius 1 is 1.30 bits per heavy atom. The van der Waals surface area contributed by atoms with Crippen LogP contribution >= 0.6 is 0 Å². The van der Waals surface area contributed by atoms with Gasteiger partial charge in [0.05, 0.1) is 0 Å². The quantitative estimate of drug-likeness (QED) is 0.729. The summed E-state index contributed by atoms with van der Waals surface area (Å²) in [4.78, 5) is 19.4. The monoisotopic (exact) mass is 369 g/mol. The molecular weight excluding hydrogens is 338 g/mol. The van der Waals surface area contributed by atoms with Gasteiger partial charge in [0.15, 0.2) is 0 Å². The van der Waals surface area contributed by atoms with Gasteiger partial charge in [-0.2, -0.15) is 4.98 Å². The number of rotatable bonds is 5. The predicted octanol–water partition coefficient (Wildman–Crippen LogP) is 5.17. The Morgan fingerprint density at radius 3 is 2.67 bits per heavy atom. The third kappa shape index (κ3) is 4.96. The van der Waals surface area contributed by atoms with E-state index in [1.807, 2.05) is 36.1 Å². The summed E-state index contributed by atoms with van der Waals surface area (Å²) in [7, 11) is 0. The number of hydrogen-bond donors (Lipinski definition) is 0. The highest BCUT2D eigenvalue weighted by molar-refractivity contribution is 5.77. The Labute approximate surface area is 162 Å². The number of likely N-dealkylation sites (tertiary alicyclic amines) is 1. The lowest BCUT2D eigenvalue weighted by atomic mass is 9.84. The molecular formula is C22H31N3O2. The van der Waals surface area contributed by atoms with Crippen molar-refractivity contribution in [2.75, 3.05) is 6.54 Å². The molecule has 1 aromatic heterocycles. The molecule has 3 rings (SSSR count). The van der Waals surface area contributed by atoms with Crippen LogP contribution in [0.1, 0.15) is 70.9 Å². The molecule has 1 aliphatic heterocycles. The molecule has 146 valence electrons. The second kappa shape index (κ2) is 7.83. The van der Waals surface area contributed by atoms with Gasteiger partial charge in [-0.15, -0.1) is 0 Å². The molecule has 2 aromatic rings. The highest BCUT2D eigenvalue weighted by Gasteiger charge is 2.34. The van der Waals surface area contributed by atoms with E-state index in [1.165, 1.54) is 5.56 Å². The van der Waals surface area contributed by atoms with Crippen LogP contribution in [0.25, 0.3) is 11.4 Å². The number of aromatic nitrogens is 2. The standard InChI is InChI=1S/C22H31N3O2/c1-15-8-10-17(11-9-15)20-23-21(27-24-20)18-7-6-12-25(18)19(26)13-16(2)14-22(3,4)5/h8-11,16,18H,6-7,12-14H2,1-5H3/t16-,18-/m1/s1. The van der Waals surface area contributed by atoms with Crippen molar-refractivity contribution >= 4 is 5.91 Å². The van der Waals surface area contributed by atoms with Gasteiger partial charge in [-0.25, -0.2) is 0 Å². The van der Waals surface area contributed by atoms with Crippen molar-refractivity contribution in [3.05, 3.63) is 35.7 Å². The number of nitrogens with zero attached hydrogens (tertiary/aromatic N) is 3. The van der Waals surface area contributed by atoms with E-state index in [4.69, 9.17) is 4.52 Å². The first-order valence-corrected chi connectivity index (χ1v) is 9.93. The largest absolute Gasteiger partial charge is 0.337 e. The summed E-state index contributed by atoms with van der Waals surface area (Å²) < 4.78 is 5.54. The molecule has 1 aliphatic rings. The van der Waals surface area contributed by atoms with Crippen LogP contribution < -0.4 is 0 Å². The van der Waals surface area contributed by atoms with Crippen molar-refractivity contribution in [3.63, 3.8) is 0 Å². The Balaban J connectivity index is 1.69. The van der Waals surface area contributed by atoms with E-state index in [2.05, 4.69) is 37.8 Å². The van der Waals surface area contributed by atoms with E-state index in [-0.39, 0.29) is 17.4 Å². The van der Waals surface area contributed by atoms with E-state index in [0.29, 0.717) is 24.1 Å². The summed E-state index contributed by atoms with van der Waals surface area (Å²) in [5, 5.41) is 4.14. The number of aryl methyl sites for hydroxylation is 1. The molecule has 27 heavy (non-hydrogen) atoms. The van der Waals surface area contributed by atoms with E-state index in [1.54, 1.807) is 0 Å². The number of carbonyl (C=O) groups is 1. The molecule has 1 saturated heterocycles. The first-order chi connectivity index (χ1) is 12.7. The fourth-order valence-electron chi connectivity index (χ4n) is 4.05. The fourth-order valence-corrected chi connectivity index (χ4v) is 4.05. The number of carbonyl (C=O) groups excluding carboxylic acids is 1. The van der Waals surface area contributed by atoms with Crippen LogP contribution in [0.5, 0.6) is 0 Å². The highest BCUT2D eigenvalue weighted by atomic mass is 16.5. The van der Waals surface area contributed by atoms with Crippen LogP contribution in [0, 0.1) is 18.3 Å². The summed E-state index contributed by atoms with van der Waals surface area (Å²) in [5.74, 6) is 1.71. The van der Waals surface area contributed by atoms with Gasteiger partial charge in [0.2, 0.25) is 17.6 Å².